The number of unbranched alkanes of at least 4 members (excludes halogenated alkanes) is 1. The molecule has 2 N–H and O–H groups in total. The molecule has 1 aromatic rings. The Hall–Kier alpha value is -0.390. The summed E-state index contributed by atoms with van der Waals surface area (Å²) in [4.78, 5) is 0.776. The van der Waals surface area contributed by atoms with E-state index in [0.717, 1.165) is 28.8 Å². The van der Waals surface area contributed by atoms with Gasteiger partial charge in [0.25, 0.3) is 0 Å². The van der Waals surface area contributed by atoms with Gasteiger partial charge in [0.15, 0.2) is 0 Å². The van der Waals surface area contributed by atoms with E-state index in [4.69, 9.17) is 10.5 Å². The van der Waals surface area contributed by atoms with Gasteiger partial charge in [0.2, 0.25) is 0 Å². The molecule has 1 aromatic carbocycles. The predicted molar refractivity (Wildman–Crippen MR) is 75.6 cm³/mol. The van der Waals surface area contributed by atoms with Crippen LogP contribution in [0, 0.1) is 0 Å². The van der Waals surface area contributed by atoms with Gasteiger partial charge in [-0.2, -0.15) is 0 Å². The number of hydrogen-bond donors (Lipinski definition) is 1. The van der Waals surface area contributed by atoms with Crippen LogP contribution < -0.4 is 5.73 Å². The Labute approximate surface area is 113 Å². The van der Waals surface area contributed by atoms with E-state index in [1.165, 1.54) is 0 Å². The van der Waals surface area contributed by atoms with Gasteiger partial charge in [-0.05, 0) is 40.5 Å². The predicted octanol–water partition coefficient (Wildman–Crippen LogP) is 2.96. The third kappa shape index (κ3) is 5.19. The minimum Gasteiger partial charge on any atom is -0.399 e. The zero-order valence-corrected chi connectivity index (χ0v) is 12.4. The molecule has 0 bridgehead atoms. The molecule has 0 aromatic heterocycles. The van der Waals surface area contributed by atoms with E-state index < -0.39 is 10.8 Å². The molecule has 1 unspecified atom stereocenters. The molecule has 0 fully saturated rings. The van der Waals surface area contributed by atoms with E-state index in [9.17, 15) is 4.21 Å². The topological polar surface area (TPSA) is 52.3 Å². The van der Waals surface area contributed by atoms with E-state index in [1.54, 1.807) is 18.2 Å². The first-order valence-corrected chi connectivity index (χ1v) is 7.77. The first-order valence-electron chi connectivity index (χ1n) is 5.66. The van der Waals surface area contributed by atoms with Gasteiger partial charge in [-0.25, -0.2) is 0 Å². The molecule has 0 aliphatic rings. The summed E-state index contributed by atoms with van der Waals surface area (Å²) in [6.07, 6.45) is 2.17. The molecule has 1 rings (SSSR count). The molecular weight excluding hydrogens is 302 g/mol. The summed E-state index contributed by atoms with van der Waals surface area (Å²) in [7, 11) is -1.04. The summed E-state index contributed by atoms with van der Waals surface area (Å²) in [5.74, 6) is 0.520. The van der Waals surface area contributed by atoms with E-state index in [2.05, 4.69) is 22.9 Å². The Morgan fingerprint density at radius 2 is 2.18 bits per heavy atom. The van der Waals surface area contributed by atoms with E-state index in [-0.39, 0.29) is 0 Å². The molecule has 3 nitrogen and oxygen atoms in total. The normalized spacial score (nSPS) is 12.6. The van der Waals surface area contributed by atoms with Gasteiger partial charge in [0, 0.05) is 16.8 Å². The standard InChI is InChI=1S/C12H18BrNO2S/c1-2-3-6-16-7-8-17(15)12-5-4-10(14)9-11(12)13/h4-5,9H,2-3,6-8,14H2,1H3. The Morgan fingerprint density at radius 3 is 2.82 bits per heavy atom. The molecule has 0 saturated heterocycles. The first-order chi connectivity index (χ1) is 8.15. The lowest BCUT2D eigenvalue weighted by atomic mass is 10.3. The van der Waals surface area contributed by atoms with Crippen LogP contribution in [0.25, 0.3) is 0 Å². The summed E-state index contributed by atoms with van der Waals surface area (Å²) in [6.45, 7) is 3.40. The highest BCUT2D eigenvalue weighted by molar-refractivity contribution is 9.10. The second-order valence-corrected chi connectivity index (χ2v) is 6.10. The van der Waals surface area contributed by atoms with Crippen molar-refractivity contribution in [1.29, 1.82) is 0 Å². The Morgan fingerprint density at radius 1 is 1.41 bits per heavy atom. The summed E-state index contributed by atoms with van der Waals surface area (Å²) < 4.78 is 18.2. The minimum atomic E-state index is -1.04. The van der Waals surface area contributed by atoms with Crippen molar-refractivity contribution in [3.8, 4) is 0 Å². The van der Waals surface area contributed by atoms with Crippen molar-refractivity contribution in [3.05, 3.63) is 22.7 Å². The second kappa shape index (κ2) is 7.84. The van der Waals surface area contributed by atoms with Crippen LogP contribution >= 0.6 is 15.9 Å². The summed E-state index contributed by atoms with van der Waals surface area (Å²) in [6, 6.07) is 5.32. The molecule has 0 radical (unpaired) electrons. The zero-order chi connectivity index (χ0) is 12.7. The van der Waals surface area contributed by atoms with Crippen molar-refractivity contribution in [2.24, 2.45) is 0 Å². The summed E-state index contributed by atoms with van der Waals surface area (Å²) in [5, 5.41) is 0. The Balaban J connectivity index is 2.42. The van der Waals surface area contributed by atoms with Gasteiger partial charge in [0.05, 0.1) is 28.1 Å². The number of benzene rings is 1. The van der Waals surface area contributed by atoms with Crippen LogP contribution in [-0.2, 0) is 15.5 Å². The van der Waals surface area contributed by atoms with Gasteiger partial charge >= 0.3 is 0 Å². The van der Waals surface area contributed by atoms with Crippen LogP contribution in [0.3, 0.4) is 0 Å². The van der Waals surface area contributed by atoms with Crippen molar-refractivity contribution >= 4 is 32.4 Å². The van der Waals surface area contributed by atoms with Crippen LogP contribution in [0.4, 0.5) is 5.69 Å². The fourth-order valence-electron chi connectivity index (χ4n) is 1.29. The van der Waals surface area contributed by atoms with Crippen molar-refractivity contribution in [2.45, 2.75) is 24.7 Å². The number of halogens is 1. The molecule has 0 aliphatic carbocycles. The molecule has 17 heavy (non-hydrogen) atoms. The largest absolute Gasteiger partial charge is 0.399 e. The summed E-state index contributed by atoms with van der Waals surface area (Å²) in [5.41, 5.74) is 6.29. The average Bonchev–Trinajstić information content (AvgIpc) is 2.28. The van der Waals surface area contributed by atoms with Gasteiger partial charge < -0.3 is 10.5 Å². The molecule has 5 heteroatoms. The van der Waals surface area contributed by atoms with Gasteiger partial charge in [-0.3, -0.25) is 4.21 Å². The maximum atomic E-state index is 12.0. The lowest BCUT2D eigenvalue weighted by molar-refractivity contribution is 0.146. The number of nitrogens with two attached hydrogens (primary N) is 1. The van der Waals surface area contributed by atoms with Crippen molar-refractivity contribution in [2.75, 3.05) is 24.7 Å². The number of hydrogen-bond acceptors (Lipinski definition) is 3. The maximum absolute atomic E-state index is 12.0. The molecule has 0 amide bonds. The van der Waals surface area contributed by atoms with Crippen molar-refractivity contribution in [1.82, 2.24) is 0 Å². The van der Waals surface area contributed by atoms with Crippen LogP contribution in [0.5, 0.6) is 0 Å². The SMILES string of the molecule is CCCCOCCS(=O)c1ccc(N)cc1Br. The molecule has 1 atom stereocenters. The van der Waals surface area contributed by atoms with Crippen LogP contribution in [0.2, 0.25) is 0 Å². The minimum absolute atomic E-state index is 0.520. The van der Waals surface area contributed by atoms with E-state index >= 15 is 0 Å². The third-order valence-electron chi connectivity index (χ3n) is 2.26. The smallest absolute Gasteiger partial charge is 0.0585 e. The van der Waals surface area contributed by atoms with Crippen LogP contribution in [0.15, 0.2) is 27.6 Å². The quantitative estimate of drug-likeness (QED) is 0.621. The average molecular weight is 320 g/mol. The van der Waals surface area contributed by atoms with Gasteiger partial charge in [0.1, 0.15) is 0 Å². The number of ether oxygens (including phenoxy) is 1. The lowest BCUT2D eigenvalue weighted by Gasteiger charge is -2.06. The Kier molecular flexibility index (Phi) is 6.77. The monoisotopic (exact) mass is 319 g/mol. The molecule has 96 valence electrons. The third-order valence-corrected chi connectivity index (χ3v) is 4.56. The lowest BCUT2D eigenvalue weighted by Crippen LogP contribution is -2.07. The highest BCUT2D eigenvalue weighted by Gasteiger charge is 2.08. The van der Waals surface area contributed by atoms with E-state index in [1.807, 2.05) is 0 Å². The maximum Gasteiger partial charge on any atom is 0.0585 e. The second-order valence-electron chi connectivity index (χ2n) is 3.71. The van der Waals surface area contributed by atoms with Crippen LogP contribution in [-0.4, -0.2) is 23.2 Å². The Bertz CT molecular complexity index is 385. The molecule has 0 saturated carbocycles. The number of nitrogen functional groups attached to an aromatic ring is 1. The van der Waals surface area contributed by atoms with Crippen molar-refractivity contribution < 1.29 is 8.95 Å². The highest BCUT2D eigenvalue weighted by Crippen LogP contribution is 2.23. The summed E-state index contributed by atoms with van der Waals surface area (Å²) >= 11 is 3.37. The van der Waals surface area contributed by atoms with Crippen LogP contribution in [0.1, 0.15) is 19.8 Å². The molecule has 0 spiro atoms. The zero-order valence-electron chi connectivity index (χ0n) is 9.95. The number of anilines is 1. The fraction of sp³-hybridized carbons (Fsp3) is 0.500. The van der Waals surface area contributed by atoms with Gasteiger partial charge in [-0.15, -0.1) is 0 Å². The highest BCUT2D eigenvalue weighted by atomic mass is 79.9. The molecule has 0 heterocycles. The number of rotatable bonds is 7. The molecular formula is C12H18BrNO2S. The molecule has 0 aliphatic heterocycles. The van der Waals surface area contributed by atoms with Gasteiger partial charge in [-0.1, -0.05) is 13.3 Å². The van der Waals surface area contributed by atoms with E-state index in [0.29, 0.717) is 18.0 Å². The first kappa shape index (κ1) is 14.7. The van der Waals surface area contributed by atoms with Crippen molar-refractivity contribution in [3.63, 3.8) is 0 Å². The fourth-order valence-corrected chi connectivity index (χ4v) is 3.22.